The number of aromatic nitrogens is 1. The van der Waals surface area contributed by atoms with E-state index in [1.807, 2.05) is 44.2 Å². The molecule has 2 heterocycles. The van der Waals surface area contributed by atoms with Crippen molar-refractivity contribution in [3.05, 3.63) is 35.9 Å². The van der Waals surface area contributed by atoms with Crippen LogP contribution in [0.1, 0.15) is 32.3 Å². The lowest BCUT2D eigenvalue weighted by molar-refractivity contribution is 0.242. The quantitative estimate of drug-likeness (QED) is 0.929. The summed E-state index contributed by atoms with van der Waals surface area (Å²) in [5, 5.41) is 9.39. The number of nitrogens with zero attached hydrogens (tertiary/aromatic N) is 2. The first-order chi connectivity index (χ1) is 10.7. The Labute approximate surface area is 131 Å². The Hall–Kier alpha value is -2.41. The van der Waals surface area contributed by atoms with E-state index in [1.54, 1.807) is 0 Å². The van der Waals surface area contributed by atoms with E-state index in [2.05, 4.69) is 16.0 Å². The van der Waals surface area contributed by atoms with Crippen LogP contribution in [0.25, 0.3) is 11.3 Å². The molecular weight excluding hydrogens is 274 g/mol. The lowest BCUT2D eigenvalue weighted by Crippen LogP contribution is -2.18. The van der Waals surface area contributed by atoms with E-state index in [0.29, 0.717) is 5.56 Å². The molecular formula is C18H21N3O. The summed E-state index contributed by atoms with van der Waals surface area (Å²) in [6.45, 7) is 6.07. The van der Waals surface area contributed by atoms with Gasteiger partial charge >= 0.3 is 0 Å². The Bertz CT molecular complexity index is 691. The minimum atomic E-state index is 0.147. The van der Waals surface area contributed by atoms with Gasteiger partial charge in [0.1, 0.15) is 17.6 Å². The summed E-state index contributed by atoms with van der Waals surface area (Å²) in [5.74, 6) is 1.80. The van der Waals surface area contributed by atoms with E-state index in [0.717, 1.165) is 35.9 Å². The van der Waals surface area contributed by atoms with Gasteiger partial charge in [-0.05, 0) is 44.9 Å². The first kappa shape index (κ1) is 14.5. The summed E-state index contributed by atoms with van der Waals surface area (Å²) < 4.78 is 5.75. The molecule has 4 heteroatoms. The molecule has 0 aliphatic carbocycles. The number of ether oxygens (including phenoxy) is 1. The van der Waals surface area contributed by atoms with Crippen molar-refractivity contribution in [2.24, 2.45) is 0 Å². The fraction of sp³-hybridized carbons (Fsp3) is 0.389. The molecule has 0 radical (unpaired) electrons. The average Bonchev–Trinajstić information content (AvgIpc) is 3.15. The van der Waals surface area contributed by atoms with Crippen LogP contribution < -0.4 is 9.64 Å². The number of hydrogen-bond acceptors (Lipinski definition) is 3. The van der Waals surface area contributed by atoms with Gasteiger partial charge in [0.25, 0.3) is 0 Å². The molecule has 0 atom stereocenters. The lowest BCUT2D eigenvalue weighted by atomic mass is 10.1. The van der Waals surface area contributed by atoms with Crippen LogP contribution in [0.3, 0.4) is 0 Å². The summed E-state index contributed by atoms with van der Waals surface area (Å²) in [6, 6.07) is 12.2. The van der Waals surface area contributed by atoms with E-state index in [4.69, 9.17) is 4.74 Å². The van der Waals surface area contributed by atoms with Gasteiger partial charge in [0, 0.05) is 24.3 Å². The van der Waals surface area contributed by atoms with Crippen LogP contribution in [0.2, 0.25) is 0 Å². The second-order valence-electron chi connectivity index (χ2n) is 5.95. The highest BCUT2D eigenvalue weighted by molar-refractivity contribution is 5.70. The first-order valence-corrected chi connectivity index (χ1v) is 7.82. The van der Waals surface area contributed by atoms with Crippen molar-refractivity contribution in [1.29, 1.82) is 5.26 Å². The molecule has 0 bridgehead atoms. The van der Waals surface area contributed by atoms with Crippen molar-refractivity contribution in [3.63, 3.8) is 0 Å². The monoisotopic (exact) mass is 295 g/mol. The van der Waals surface area contributed by atoms with Gasteiger partial charge in [-0.3, -0.25) is 0 Å². The van der Waals surface area contributed by atoms with Gasteiger partial charge in [-0.1, -0.05) is 12.1 Å². The van der Waals surface area contributed by atoms with Gasteiger partial charge in [0.15, 0.2) is 0 Å². The topological polar surface area (TPSA) is 52.0 Å². The normalized spacial score (nSPS) is 14.4. The van der Waals surface area contributed by atoms with E-state index in [-0.39, 0.29) is 6.10 Å². The van der Waals surface area contributed by atoms with E-state index >= 15 is 0 Å². The number of aromatic amines is 1. The minimum absolute atomic E-state index is 0.147. The third kappa shape index (κ3) is 2.94. The Kier molecular flexibility index (Phi) is 4.06. The molecule has 3 rings (SSSR count). The molecule has 1 aromatic carbocycles. The largest absolute Gasteiger partial charge is 0.491 e. The smallest absolute Gasteiger partial charge is 0.124 e. The first-order valence-electron chi connectivity index (χ1n) is 7.82. The summed E-state index contributed by atoms with van der Waals surface area (Å²) in [7, 11) is 0. The summed E-state index contributed by atoms with van der Waals surface area (Å²) >= 11 is 0. The third-order valence-electron chi connectivity index (χ3n) is 3.86. The maximum Gasteiger partial charge on any atom is 0.124 e. The van der Waals surface area contributed by atoms with Gasteiger partial charge in [0.05, 0.1) is 11.7 Å². The van der Waals surface area contributed by atoms with Crippen molar-refractivity contribution in [3.8, 4) is 23.1 Å². The maximum atomic E-state index is 9.39. The fourth-order valence-corrected chi connectivity index (χ4v) is 2.88. The molecule has 1 saturated heterocycles. The zero-order valence-electron chi connectivity index (χ0n) is 13.1. The number of benzene rings is 1. The summed E-state index contributed by atoms with van der Waals surface area (Å²) in [4.78, 5) is 5.68. The van der Waals surface area contributed by atoms with Crippen LogP contribution in [0, 0.1) is 11.3 Å². The molecule has 0 unspecified atom stereocenters. The molecule has 0 spiro atoms. The Morgan fingerprint density at radius 3 is 2.68 bits per heavy atom. The molecule has 1 aromatic heterocycles. The summed E-state index contributed by atoms with van der Waals surface area (Å²) in [6.07, 6.45) is 2.53. The van der Waals surface area contributed by atoms with Crippen molar-refractivity contribution in [2.75, 3.05) is 18.0 Å². The molecule has 22 heavy (non-hydrogen) atoms. The van der Waals surface area contributed by atoms with Crippen LogP contribution in [-0.2, 0) is 0 Å². The highest BCUT2D eigenvalue weighted by atomic mass is 16.5. The van der Waals surface area contributed by atoms with Gasteiger partial charge in [0.2, 0.25) is 0 Å². The van der Waals surface area contributed by atoms with Crippen LogP contribution in [0.5, 0.6) is 5.75 Å². The number of hydrogen-bond donors (Lipinski definition) is 1. The molecule has 114 valence electrons. The van der Waals surface area contributed by atoms with E-state index in [1.165, 1.54) is 12.8 Å². The predicted molar refractivity (Wildman–Crippen MR) is 88.2 cm³/mol. The number of nitrogens with one attached hydrogen (secondary N) is 1. The minimum Gasteiger partial charge on any atom is -0.491 e. The Morgan fingerprint density at radius 2 is 2.00 bits per heavy atom. The van der Waals surface area contributed by atoms with Crippen molar-refractivity contribution >= 4 is 5.82 Å². The SMILES string of the molecule is CC(C)Oc1cccc(-c2cc(C#N)c(N3CCCC3)[nH]2)c1. The van der Waals surface area contributed by atoms with Crippen molar-refractivity contribution < 1.29 is 4.74 Å². The highest BCUT2D eigenvalue weighted by Gasteiger charge is 2.19. The highest BCUT2D eigenvalue weighted by Crippen LogP contribution is 2.30. The van der Waals surface area contributed by atoms with Crippen molar-refractivity contribution in [2.45, 2.75) is 32.8 Å². The number of nitriles is 1. The fourth-order valence-electron chi connectivity index (χ4n) is 2.88. The standard InChI is InChI=1S/C18H21N3O/c1-13(2)22-16-7-5-6-14(10-16)17-11-15(12-19)18(20-17)21-8-3-4-9-21/h5-7,10-11,13,20H,3-4,8-9H2,1-2H3. The lowest BCUT2D eigenvalue weighted by Gasteiger charge is -2.15. The maximum absolute atomic E-state index is 9.39. The second-order valence-corrected chi connectivity index (χ2v) is 5.95. The molecule has 4 nitrogen and oxygen atoms in total. The number of anilines is 1. The zero-order valence-corrected chi connectivity index (χ0v) is 13.1. The molecule has 2 aromatic rings. The third-order valence-corrected chi connectivity index (χ3v) is 3.86. The average molecular weight is 295 g/mol. The Morgan fingerprint density at radius 1 is 1.23 bits per heavy atom. The van der Waals surface area contributed by atoms with Crippen LogP contribution in [0.4, 0.5) is 5.82 Å². The molecule has 0 amide bonds. The molecule has 0 saturated carbocycles. The summed E-state index contributed by atoms with van der Waals surface area (Å²) in [5.41, 5.74) is 2.72. The van der Waals surface area contributed by atoms with E-state index < -0.39 is 0 Å². The molecule has 1 fully saturated rings. The molecule has 1 aliphatic heterocycles. The van der Waals surface area contributed by atoms with Crippen LogP contribution >= 0.6 is 0 Å². The zero-order chi connectivity index (χ0) is 15.5. The Balaban J connectivity index is 1.93. The molecule has 1 aliphatic rings. The van der Waals surface area contributed by atoms with Gasteiger partial charge in [-0.2, -0.15) is 5.26 Å². The predicted octanol–water partition coefficient (Wildman–Crippen LogP) is 3.94. The second kappa shape index (κ2) is 6.15. The van der Waals surface area contributed by atoms with Gasteiger partial charge < -0.3 is 14.6 Å². The molecule has 1 N–H and O–H groups in total. The van der Waals surface area contributed by atoms with E-state index in [9.17, 15) is 5.26 Å². The number of H-pyrrole nitrogens is 1. The van der Waals surface area contributed by atoms with Gasteiger partial charge in [-0.15, -0.1) is 0 Å². The van der Waals surface area contributed by atoms with Gasteiger partial charge in [-0.25, -0.2) is 0 Å². The number of rotatable bonds is 4. The van der Waals surface area contributed by atoms with Crippen LogP contribution in [-0.4, -0.2) is 24.2 Å². The van der Waals surface area contributed by atoms with Crippen molar-refractivity contribution in [1.82, 2.24) is 4.98 Å². The van der Waals surface area contributed by atoms with Crippen LogP contribution in [0.15, 0.2) is 30.3 Å².